The Morgan fingerprint density at radius 1 is 0.583 bits per heavy atom. The lowest BCUT2D eigenvalue weighted by Gasteiger charge is -2.27. The van der Waals surface area contributed by atoms with Gasteiger partial charge in [-0.25, -0.2) is 4.98 Å². The van der Waals surface area contributed by atoms with Crippen molar-refractivity contribution in [2.75, 3.05) is 0 Å². The van der Waals surface area contributed by atoms with Gasteiger partial charge in [0.05, 0.1) is 33.5 Å². The summed E-state index contributed by atoms with van der Waals surface area (Å²) < 4.78 is 244. The molecule has 0 spiro atoms. The Hall–Kier alpha value is -6.26. The van der Waals surface area contributed by atoms with Gasteiger partial charge in [-0.05, 0) is 123 Å². The average Bonchev–Trinajstić information content (AvgIpc) is 1.16. The monoisotopic (exact) mass is 816 g/mol. The van der Waals surface area contributed by atoms with E-state index in [2.05, 4.69) is 4.98 Å². The molecule has 0 unspecified atom stereocenters. The van der Waals surface area contributed by atoms with Crippen molar-refractivity contribution in [3.05, 3.63) is 167 Å². The van der Waals surface area contributed by atoms with Gasteiger partial charge in [0.25, 0.3) is 0 Å². The zero-order chi connectivity index (χ0) is 66.2. The molecule has 0 amide bonds. The molecule has 0 atom stereocenters. The lowest BCUT2D eigenvalue weighted by molar-refractivity contribution is 0.446. The van der Waals surface area contributed by atoms with Gasteiger partial charge in [-0.2, -0.15) is 0 Å². The molecule has 60 heavy (non-hydrogen) atoms. The number of benzene rings is 6. The molecule has 0 aliphatic carbocycles. The number of nitrogens with zero attached hydrogens (tertiary/aromatic N) is 3. The van der Waals surface area contributed by atoms with Gasteiger partial charge in [0, 0.05) is 55.8 Å². The Morgan fingerprint density at radius 2 is 1.32 bits per heavy atom. The summed E-state index contributed by atoms with van der Waals surface area (Å²) in [6.07, 6.45) is 1.34. The third kappa shape index (κ3) is 7.79. The molecule has 0 saturated carbocycles. The van der Waals surface area contributed by atoms with E-state index in [4.69, 9.17) is 43.4 Å². The molecule has 302 valence electrons. The lowest BCUT2D eigenvalue weighted by atomic mass is 9.79. The molecule has 2 aromatic heterocycles. The van der Waals surface area contributed by atoms with Gasteiger partial charge in [-0.15, -0.1) is 0 Å². The predicted octanol–water partition coefficient (Wildman–Crippen LogP) is 15.0. The average molecular weight is 816 g/mol. The molecule has 4 nitrogen and oxygen atoms in total. The van der Waals surface area contributed by atoms with E-state index >= 15 is 0 Å². The van der Waals surface area contributed by atoms with Gasteiger partial charge < -0.3 is 5.11 Å². The molecule has 0 aliphatic rings. The van der Waals surface area contributed by atoms with E-state index in [1.807, 2.05) is 20.8 Å². The summed E-state index contributed by atoms with van der Waals surface area (Å²) in [6.45, 7) is -25.7. The lowest BCUT2D eigenvalue weighted by Crippen LogP contribution is -2.17. The highest BCUT2D eigenvalue weighted by molar-refractivity contribution is 5.97. The first kappa shape index (κ1) is 19.0. The summed E-state index contributed by atoms with van der Waals surface area (Å²) in [6, 6.07) is 23.1. The van der Waals surface area contributed by atoms with E-state index in [9.17, 15) is 5.11 Å². The van der Waals surface area contributed by atoms with Crippen molar-refractivity contribution in [2.45, 2.75) is 91.8 Å². The van der Waals surface area contributed by atoms with Gasteiger partial charge >= 0.3 is 0 Å². The molecule has 0 saturated heterocycles. The van der Waals surface area contributed by atoms with Crippen LogP contribution >= 0.6 is 0 Å². The molecule has 8 aromatic rings. The molecule has 0 radical (unpaired) electrons. The van der Waals surface area contributed by atoms with Gasteiger partial charge in [-0.3, -0.25) is 9.55 Å². The molecule has 6 aromatic carbocycles. The number of hydrogen-bond donors (Lipinski definition) is 1. The summed E-state index contributed by atoms with van der Waals surface area (Å²) in [5.41, 5.74) is -12.4. The number of aryl methyl sites for hydroxylation is 1. The van der Waals surface area contributed by atoms with Crippen molar-refractivity contribution in [2.24, 2.45) is 0 Å². The Kier molecular flexibility index (Phi) is 4.77. The van der Waals surface area contributed by atoms with Crippen molar-refractivity contribution >= 4 is 11.0 Å². The molecule has 0 bridgehead atoms. The van der Waals surface area contributed by atoms with Crippen LogP contribution in [0.1, 0.15) is 128 Å². The largest absolute Gasteiger partial charge is 0.507 e. The molecule has 2 heterocycles. The third-order valence-electron chi connectivity index (χ3n) is 10.3. The molecular weight excluding hydrogens is 731 g/mol. The molecular formula is C56H57N3O. The van der Waals surface area contributed by atoms with Gasteiger partial charge in [0.1, 0.15) is 11.6 Å². The molecule has 0 aliphatic heterocycles. The first-order valence-corrected chi connectivity index (χ1v) is 18.8. The SMILES string of the molecule is [2H]c1c([2H])c(C([2H])([2H])[2H])c([2H])c([2H])c1-c1ccnc(-c2cc(-c3cccc4c3nc(-c3cc(C(C([2H])([2H])[2H])(C([2H])([2H])[2H])C([2H])([2H])[2H])cc(C(C([2H])([2H])[2H])(C([2H])([2H])[2H])C([2H])([2H])[2H])c3O)n4-c3ccc(-c4ccccc4)cc3C([2H])([2H])[2H])cc(C(C)(C)C)c2)c1. The fraction of sp³-hybridized carbons (Fsp3) is 0.250. The number of rotatable bonds is 6. The van der Waals surface area contributed by atoms with Crippen LogP contribution < -0.4 is 0 Å². The summed E-state index contributed by atoms with van der Waals surface area (Å²) in [7, 11) is 0. The number of fused-ring (bicyclic) bond motifs is 1. The molecule has 0 fully saturated rings. The van der Waals surface area contributed by atoms with Crippen LogP contribution in [0.3, 0.4) is 0 Å². The van der Waals surface area contributed by atoms with Crippen LogP contribution in [-0.4, -0.2) is 19.6 Å². The first-order chi connectivity index (χ1) is 40.0. The van der Waals surface area contributed by atoms with E-state index in [-0.39, 0.29) is 45.2 Å². The Labute approximate surface area is 396 Å². The van der Waals surface area contributed by atoms with Gasteiger partial charge in [-0.1, -0.05) is 152 Å². The highest BCUT2D eigenvalue weighted by Crippen LogP contribution is 2.45. The van der Waals surface area contributed by atoms with Crippen molar-refractivity contribution in [3.8, 4) is 67.5 Å². The number of phenols is 1. The minimum atomic E-state index is -4.29. The molecule has 4 heteroatoms. The quantitative estimate of drug-likeness (QED) is 0.182. The van der Waals surface area contributed by atoms with Crippen LogP contribution in [0.4, 0.5) is 0 Å². The first-order valence-electron chi connectivity index (χ1n) is 32.8. The van der Waals surface area contributed by atoms with Crippen LogP contribution in [0, 0.1) is 13.7 Å². The van der Waals surface area contributed by atoms with Crippen molar-refractivity contribution in [1.29, 1.82) is 0 Å². The van der Waals surface area contributed by atoms with Crippen LogP contribution in [0.25, 0.3) is 72.7 Å². The number of pyridine rings is 1. The van der Waals surface area contributed by atoms with E-state index in [0.29, 0.717) is 33.9 Å². The molecule has 1 N–H and O–H groups in total. The second-order valence-corrected chi connectivity index (χ2v) is 15.7. The summed E-state index contributed by atoms with van der Waals surface area (Å²) in [4.78, 5) is 9.57. The van der Waals surface area contributed by atoms with E-state index in [1.54, 1.807) is 54.6 Å². The van der Waals surface area contributed by atoms with Gasteiger partial charge in [0.15, 0.2) is 0 Å². The highest BCUT2D eigenvalue weighted by Gasteiger charge is 2.29. The van der Waals surface area contributed by atoms with E-state index < -0.39 is 135 Å². The number of imidazole rings is 1. The minimum absolute atomic E-state index is 0.0639. The standard InChI is InChI=1S/C56H57N3O/c1-35-20-22-38(23-21-35)40-26-27-57-48(32-40)42-29-41(30-43(31-42)54(3,4)5)45-18-15-19-50-51(45)58-53(46-33-44(55(6,7)8)34-47(52(46)60)56(9,10)11)59(50)49-25-24-39(28-36(49)2)37-16-13-12-14-17-37/h12-34,60H,1-11H3/i1D3,2D3,6D3,7D3,8D3,9D3,10D3,11D3,20D,21D,22D,23D. The zero-order valence-corrected chi connectivity index (χ0v) is 32.8. The summed E-state index contributed by atoms with van der Waals surface area (Å²) in [5.74, 6) is -2.30. The van der Waals surface area contributed by atoms with Crippen LogP contribution in [-0.2, 0) is 16.2 Å². The Bertz CT molecular complexity index is 3920. The summed E-state index contributed by atoms with van der Waals surface area (Å²) in [5, 5.41) is 13.0. The minimum Gasteiger partial charge on any atom is -0.507 e. The Balaban J connectivity index is 1.59. The smallest absolute Gasteiger partial charge is 0.149 e. The topological polar surface area (TPSA) is 50.9 Å². The van der Waals surface area contributed by atoms with Crippen LogP contribution in [0.15, 0.2) is 140 Å². The third-order valence-corrected chi connectivity index (χ3v) is 10.3. The van der Waals surface area contributed by atoms with Crippen molar-refractivity contribution < 1.29 is 43.5 Å². The second kappa shape index (κ2) is 15.1. The Morgan fingerprint density at radius 3 is 2.03 bits per heavy atom. The molecule has 8 rings (SSSR count). The maximum atomic E-state index is 13.0. The number of aromatic hydroxyl groups is 1. The summed E-state index contributed by atoms with van der Waals surface area (Å²) >= 11 is 0. The zero-order valence-electron chi connectivity index (χ0n) is 60.8. The normalized spacial score (nSPS) is 20.9. The predicted molar refractivity (Wildman–Crippen MR) is 253 cm³/mol. The van der Waals surface area contributed by atoms with Crippen molar-refractivity contribution in [1.82, 2.24) is 14.5 Å². The fourth-order valence-electron chi connectivity index (χ4n) is 7.17. The number of aromatic nitrogens is 3. The maximum Gasteiger partial charge on any atom is 0.149 e. The number of para-hydroxylation sites is 1. The van der Waals surface area contributed by atoms with Gasteiger partial charge in [0.2, 0.25) is 0 Å². The highest BCUT2D eigenvalue weighted by atomic mass is 16.3. The fourth-order valence-corrected chi connectivity index (χ4v) is 7.17. The number of phenolic OH excluding ortho intramolecular Hbond substituents is 1. The second-order valence-electron chi connectivity index (χ2n) is 15.7. The number of hydrogen-bond acceptors (Lipinski definition) is 3. The van der Waals surface area contributed by atoms with E-state index in [1.165, 1.54) is 48.7 Å². The van der Waals surface area contributed by atoms with Crippen LogP contribution in [0.2, 0.25) is 0 Å². The van der Waals surface area contributed by atoms with E-state index in [0.717, 1.165) is 4.57 Å². The maximum absolute atomic E-state index is 13.0. The van der Waals surface area contributed by atoms with Crippen LogP contribution in [0.5, 0.6) is 5.75 Å². The van der Waals surface area contributed by atoms with Crippen molar-refractivity contribution in [3.63, 3.8) is 0 Å².